The van der Waals surface area contributed by atoms with Crippen LogP contribution in [-0.4, -0.2) is 56.0 Å². The van der Waals surface area contributed by atoms with E-state index < -0.39 is 12.0 Å². The van der Waals surface area contributed by atoms with Crippen molar-refractivity contribution in [1.29, 1.82) is 0 Å². The fourth-order valence-corrected chi connectivity index (χ4v) is 4.88. The number of benzene rings is 2. The summed E-state index contributed by atoms with van der Waals surface area (Å²) in [6, 6.07) is 12.7. The van der Waals surface area contributed by atoms with Crippen molar-refractivity contribution in [2.75, 3.05) is 34.4 Å². The monoisotopic (exact) mass is 422 g/mol. The van der Waals surface area contributed by atoms with Gasteiger partial charge >= 0.3 is 0 Å². The fraction of sp³-hybridized carbons (Fsp3) is 0.440. The Balaban J connectivity index is 1.83. The van der Waals surface area contributed by atoms with Crippen molar-refractivity contribution in [3.05, 3.63) is 59.2 Å². The summed E-state index contributed by atoms with van der Waals surface area (Å²) < 4.78 is 10.9. The number of carbonyl (C=O) groups is 2. The molecule has 0 unspecified atom stereocenters. The lowest BCUT2D eigenvalue weighted by Gasteiger charge is -2.41. The summed E-state index contributed by atoms with van der Waals surface area (Å²) in [6.45, 7) is 1.54. The molecule has 2 aromatic carbocycles. The zero-order valence-electron chi connectivity index (χ0n) is 18.5. The molecular formula is C25H30N2O4. The smallest absolute Gasteiger partial charge is 0.254 e. The van der Waals surface area contributed by atoms with Crippen molar-refractivity contribution in [3.63, 3.8) is 0 Å². The topological polar surface area (TPSA) is 59.1 Å². The summed E-state index contributed by atoms with van der Waals surface area (Å²) in [6.07, 6.45) is 4.36. The number of hydrogen-bond acceptors (Lipinski definition) is 4. The Morgan fingerprint density at radius 1 is 0.935 bits per heavy atom. The van der Waals surface area contributed by atoms with Crippen molar-refractivity contribution in [1.82, 2.24) is 9.80 Å². The average Bonchev–Trinajstić information content (AvgIpc) is 3.10. The van der Waals surface area contributed by atoms with E-state index in [1.54, 1.807) is 26.2 Å². The molecule has 0 spiro atoms. The summed E-state index contributed by atoms with van der Waals surface area (Å²) in [5, 5.41) is 0. The van der Waals surface area contributed by atoms with Crippen LogP contribution in [0.2, 0.25) is 0 Å². The van der Waals surface area contributed by atoms with Crippen molar-refractivity contribution in [2.45, 2.75) is 37.6 Å². The Hall–Kier alpha value is -3.02. The zero-order chi connectivity index (χ0) is 22.0. The Morgan fingerprint density at radius 3 is 2.29 bits per heavy atom. The fourth-order valence-electron chi connectivity index (χ4n) is 4.88. The van der Waals surface area contributed by atoms with Crippen LogP contribution in [0.5, 0.6) is 11.5 Å². The molecule has 2 aromatic rings. The van der Waals surface area contributed by atoms with Crippen LogP contribution in [0, 0.1) is 0 Å². The second-order valence-corrected chi connectivity index (χ2v) is 8.28. The van der Waals surface area contributed by atoms with Crippen molar-refractivity contribution in [2.24, 2.45) is 0 Å². The van der Waals surface area contributed by atoms with Gasteiger partial charge in [-0.3, -0.25) is 9.59 Å². The van der Waals surface area contributed by atoms with Crippen LogP contribution in [0.4, 0.5) is 0 Å². The van der Waals surface area contributed by atoms with Gasteiger partial charge in [0.15, 0.2) is 11.5 Å². The zero-order valence-corrected chi connectivity index (χ0v) is 18.5. The van der Waals surface area contributed by atoms with Gasteiger partial charge in [-0.2, -0.15) is 0 Å². The summed E-state index contributed by atoms with van der Waals surface area (Å²) in [4.78, 5) is 30.8. The minimum atomic E-state index is -0.463. The Kier molecular flexibility index (Phi) is 6.16. The van der Waals surface area contributed by atoms with E-state index in [1.165, 1.54) is 0 Å². The molecule has 2 heterocycles. The first-order valence-corrected chi connectivity index (χ1v) is 10.9. The molecule has 2 aliphatic rings. The average molecular weight is 423 g/mol. The summed E-state index contributed by atoms with van der Waals surface area (Å²) in [7, 11) is 4.96. The van der Waals surface area contributed by atoms with Crippen LogP contribution in [0.3, 0.4) is 0 Å². The molecule has 31 heavy (non-hydrogen) atoms. The van der Waals surface area contributed by atoms with Crippen LogP contribution >= 0.6 is 0 Å². The molecule has 164 valence electrons. The van der Waals surface area contributed by atoms with Crippen LogP contribution in [0.1, 0.15) is 59.1 Å². The number of hydrogen-bond donors (Lipinski definition) is 0. The van der Waals surface area contributed by atoms with Crippen LogP contribution in [0.25, 0.3) is 0 Å². The number of carbonyl (C=O) groups excluding carboxylic acids is 2. The van der Waals surface area contributed by atoms with Crippen molar-refractivity contribution in [3.8, 4) is 11.5 Å². The highest BCUT2D eigenvalue weighted by atomic mass is 16.5. The van der Waals surface area contributed by atoms with E-state index in [2.05, 4.69) is 0 Å². The van der Waals surface area contributed by atoms with Crippen LogP contribution in [-0.2, 0) is 4.79 Å². The van der Waals surface area contributed by atoms with E-state index in [0.29, 0.717) is 17.1 Å². The molecule has 2 atom stereocenters. The maximum absolute atomic E-state index is 13.9. The van der Waals surface area contributed by atoms with Gasteiger partial charge < -0.3 is 19.3 Å². The number of ether oxygens (including phenoxy) is 2. The second kappa shape index (κ2) is 9.00. The largest absolute Gasteiger partial charge is 0.493 e. The number of likely N-dealkylation sites (N-methyl/N-ethyl adjacent to an activating group) is 1. The number of methoxy groups -OCH3 is 2. The minimum absolute atomic E-state index is 0.0738. The second-order valence-electron chi connectivity index (χ2n) is 8.28. The number of fused-ring (bicyclic) bond motifs is 1. The van der Waals surface area contributed by atoms with E-state index in [0.717, 1.165) is 49.9 Å². The first kappa shape index (κ1) is 21.2. The molecule has 0 N–H and O–H groups in total. The molecule has 0 bridgehead atoms. The molecule has 6 nitrogen and oxygen atoms in total. The van der Waals surface area contributed by atoms with Gasteiger partial charge in [0.25, 0.3) is 5.91 Å². The lowest BCUT2D eigenvalue weighted by Crippen LogP contribution is -2.47. The van der Waals surface area contributed by atoms with Crippen molar-refractivity contribution >= 4 is 11.8 Å². The predicted octanol–water partition coefficient (Wildman–Crippen LogP) is 4.02. The van der Waals surface area contributed by atoms with E-state index in [9.17, 15) is 9.59 Å². The number of rotatable bonds is 4. The van der Waals surface area contributed by atoms with Gasteiger partial charge in [-0.1, -0.05) is 37.1 Å². The van der Waals surface area contributed by atoms with E-state index in [-0.39, 0.29) is 11.8 Å². The first-order chi connectivity index (χ1) is 15.1. The number of amides is 2. The Morgan fingerprint density at radius 2 is 1.61 bits per heavy atom. The molecule has 1 saturated heterocycles. The Labute approximate surface area is 183 Å². The summed E-state index contributed by atoms with van der Waals surface area (Å²) in [5.74, 6) is 0.756. The molecule has 2 aliphatic heterocycles. The maximum Gasteiger partial charge on any atom is 0.254 e. The first-order valence-electron chi connectivity index (χ1n) is 10.9. The molecule has 0 saturated carbocycles. The third-order valence-electron chi connectivity index (χ3n) is 6.51. The molecule has 0 aromatic heterocycles. The molecule has 6 heteroatoms. The predicted molar refractivity (Wildman–Crippen MR) is 119 cm³/mol. The molecule has 0 radical (unpaired) electrons. The van der Waals surface area contributed by atoms with Crippen LogP contribution in [0.15, 0.2) is 42.5 Å². The van der Waals surface area contributed by atoms with Gasteiger partial charge in [-0.05, 0) is 42.2 Å². The van der Waals surface area contributed by atoms with Gasteiger partial charge in [0.05, 0.1) is 26.2 Å². The van der Waals surface area contributed by atoms with Gasteiger partial charge in [0.2, 0.25) is 5.91 Å². The quantitative estimate of drug-likeness (QED) is 0.747. The van der Waals surface area contributed by atoms with Crippen LogP contribution < -0.4 is 9.47 Å². The van der Waals surface area contributed by atoms with Gasteiger partial charge in [-0.25, -0.2) is 0 Å². The Bertz CT molecular complexity index is 966. The van der Waals surface area contributed by atoms with Gasteiger partial charge in [0, 0.05) is 25.7 Å². The molecule has 0 aliphatic carbocycles. The summed E-state index contributed by atoms with van der Waals surface area (Å²) in [5.41, 5.74) is 2.27. The maximum atomic E-state index is 13.9. The lowest BCUT2D eigenvalue weighted by atomic mass is 9.79. The third kappa shape index (κ3) is 3.87. The SMILES string of the molecule is COc1ccc([C@@H]2[C@@H](C(=O)N3CCCCCC3)c3ccccc3C(=O)N2C)cc1OC. The molecule has 1 fully saturated rings. The van der Waals surface area contributed by atoms with E-state index in [4.69, 9.17) is 9.47 Å². The molecular weight excluding hydrogens is 392 g/mol. The number of nitrogens with zero attached hydrogens (tertiary/aromatic N) is 2. The standard InChI is InChI=1S/C25H30N2O4/c1-26-23(17-12-13-20(30-2)21(16-17)31-3)22(18-10-6-7-11-19(18)24(26)28)25(29)27-14-8-4-5-9-15-27/h6-7,10-13,16,22-23H,4-5,8-9,14-15H2,1-3H3/t22-,23+/m0/s1. The number of likely N-dealkylation sites (tertiary alicyclic amines) is 1. The minimum Gasteiger partial charge on any atom is -0.493 e. The summed E-state index contributed by atoms with van der Waals surface area (Å²) >= 11 is 0. The highest BCUT2D eigenvalue weighted by Gasteiger charge is 2.44. The normalized spacial score (nSPS) is 21.3. The van der Waals surface area contributed by atoms with E-state index in [1.807, 2.05) is 47.4 Å². The third-order valence-corrected chi connectivity index (χ3v) is 6.51. The lowest BCUT2D eigenvalue weighted by molar-refractivity contribution is -0.134. The highest BCUT2D eigenvalue weighted by molar-refractivity contribution is 6.01. The molecule has 4 rings (SSSR count). The molecule has 2 amide bonds. The van der Waals surface area contributed by atoms with Gasteiger partial charge in [0.1, 0.15) is 0 Å². The van der Waals surface area contributed by atoms with E-state index >= 15 is 0 Å². The van der Waals surface area contributed by atoms with Gasteiger partial charge in [-0.15, -0.1) is 0 Å². The highest BCUT2D eigenvalue weighted by Crippen LogP contribution is 2.44. The van der Waals surface area contributed by atoms with Crippen molar-refractivity contribution < 1.29 is 19.1 Å².